The molecule has 0 aliphatic rings. The molecule has 1 aromatic carbocycles. The van der Waals surface area contributed by atoms with E-state index in [0.717, 1.165) is 16.5 Å². The van der Waals surface area contributed by atoms with Gasteiger partial charge in [0.25, 0.3) is 0 Å². The Labute approximate surface area is 119 Å². The molecule has 0 radical (unpaired) electrons. The minimum atomic E-state index is -1.43. The summed E-state index contributed by atoms with van der Waals surface area (Å²) in [6, 6.07) is 7.43. The molecule has 1 unspecified atom stereocenters. The first kappa shape index (κ1) is 14.6. The number of fused-ring (bicyclic) bond motifs is 1. The molecule has 7 heteroatoms. The molecule has 110 valence electrons. The molecule has 7 nitrogen and oxygen atoms in total. The first-order valence-electron chi connectivity index (χ1n) is 6.25. The zero-order valence-corrected chi connectivity index (χ0v) is 11.0. The maximum atomic E-state index is 11.3. The second-order valence-electron chi connectivity index (χ2n) is 4.65. The number of nitrogens with zero attached hydrogens (tertiary/aromatic N) is 1. The van der Waals surface area contributed by atoms with Crippen LogP contribution in [0.3, 0.4) is 0 Å². The lowest BCUT2D eigenvalue weighted by atomic mass is 9.94. The first-order chi connectivity index (χ1) is 10.0. The molecule has 0 fully saturated rings. The standard InChI is InChI=1S/C14H14N2O5/c17-13(18)8(6-12(16-21)14(19)20)5-9-7-15-11-4-2-1-3-10(9)11/h1-4,7-8,15,21H,5-6H2,(H,17,18)(H,19,20)/b16-12+. The van der Waals surface area contributed by atoms with E-state index in [2.05, 4.69) is 10.1 Å². The Balaban J connectivity index is 2.24. The van der Waals surface area contributed by atoms with E-state index in [4.69, 9.17) is 10.3 Å². The van der Waals surface area contributed by atoms with Crippen molar-refractivity contribution >= 4 is 28.6 Å². The van der Waals surface area contributed by atoms with Gasteiger partial charge in [-0.2, -0.15) is 0 Å². The maximum absolute atomic E-state index is 11.3. The van der Waals surface area contributed by atoms with Crippen molar-refractivity contribution in [3.63, 3.8) is 0 Å². The zero-order valence-electron chi connectivity index (χ0n) is 11.0. The van der Waals surface area contributed by atoms with Gasteiger partial charge in [-0.25, -0.2) is 4.79 Å². The molecular formula is C14H14N2O5. The molecule has 2 aromatic rings. The second kappa shape index (κ2) is 6.08. The monoisotopic (exact) mass is 290 g/mol. The van der Waals surface area contributed by atoms with Gasteiger partial charge in [-0.15, -0.1) is 0 Å². The van der Waals surface area contributed by atoms with Crippen LogP contribution in [-0.2, 0) is 16.0 Å². The summed E-state index contributed by atoms with van der Waals surface area (Å²) in [7, 11) is 0. The number of rotatable bonds is 6. The molecule has 0 saturated heterocycles. The summed E-state index contributed by atoms with van der Waals surface area (Å²) in [5.74, 6) is -3.54. The highest BCUT2D eigenvalue weighted by atomic mass is 16.4. The molecule has 1 heterocycles. The van der Waals surface area contributed by atoms with Crippen LogP contribution in [0.2, 0.25) is 0 Å². The highest BCUT2D eigenvalue weighted by Crippen LogP contribution is 2.22. The van der Waals surface area contributed by atoms with E-state index in [1.807, 2.05) is 24.3 Å². The van der Waals surface area contributed by atoms with E-state index in [0.29, 0.717) is 0 Å². The molecule has 0 bridgehead atoms. The predicted octanol–water partition coefficient (Wildman–Crippen LogP) is 1.72. The van der Waals surface area contributed by atoms with Gasteiger partial charge in [0, 0.05) is 23.5 Å². The van der Waals surface area contributed by atoms with Crippen LogP contribution < -0.4 is 0 Å². The number of para-hydroxylation sites is 1. The Kier molecular flexibility index (Phi) is 4.22. The Morgan fingerprint density at radius 1 is 1.24 bits per heavy atom. The number of aliphatic carboxylic acids is 2. The highest BCUT2D eigenvalue weighted by Gasteiger charge is 2.25. The lowest BCUT2D eigenvalue weighted by Gasteiger charge is -2.10. The number of carbonyl (C=O) groups is 2. The molecule has 0 amide bonds. The van der Waals surface area contributed by atoms with Gasteiger partial charge in [-0.1, -0.05) is 23.4 Å². The minimum Gasteiger partial charge on any atom is -0.481 e. The van der Waals surface area contributed by atoms with Gasteiger partial charge in [-0.3, -0.25) is 4.79 Å². The number of carboxylic acid groups (broad SMARTS) is 2. The number of oxime groups is 1. The number of nitrogens with one attached hydrogen (secondary N) is 1. The molecule has 4 N–H and O–H groups in total. The normalized spacial score (nSPS) is 13.2. The summed E-state index contributed by atoms with van der Waals surface area (Å²) < 4.78 is 0. The first-order valence-corrected chi connectivity index (χ1v) is 6.25. The quantitative estimate of drug-likeness (QED) is 0.366. The molecule has 0 spiro atoms. The zero-order chi connectivity index (χ0) is 15.4. The summed E-state index contributed by atoms with van der Waals surface area (Å²) in [4.78, 5) is 25.1. The molecule has 2 rings (SSSR count). The van der Waals surface area contributed by atoms with Crippen LogP contribution in [0.4, 0.5) is 0 Å². The van der Waals surface area contributed by atoms with Crippen molar-refractivity contribution in [2.45, 2.75) is 12.8 Å². The number of aromatic amines is 1. The molecular weight excluding hydrogens is 276 g/mol. The SMILES string of the molecule is O=C(O)/C(CC(Cc1c[nH]c2ccccc12)C(=O)O)=N/O. The third kappa shape index (κ3) is 3.19. The lowest BCUT2D eigenvalue weighted by Crippen LogP contribution is -2.24. The Bertz CT molecular complexity index is 704. The van der Waals surface area contributed by atoms with Crippen LogP contribution in [0, 0.1) is 5.92 Å². The van der Waals surface area contributed by atoms with Crippen LogP contribution in [0.15, 0.2) is 35.6 Å². The third-order valence-electron chi connectivity index (χ3n) is 3.30. The molecule has 0 aliphatic heterocycles. The molecule has 1 aromatic heterocycles. The summed E-state index contributed by atoms with van der Waals surface area (Å²) in [5.41, 5.74) is 1.09. The van der Waals surface area contributed by atoms with E-state index < -0.39 is 23.6 Å². The van der Waals surface area contributed by atoms with E-state index in [-0.39, 0.29) is 12.8 Å². The van der Waals surface area contributed by atoms with Crippen LogP contribution in [-0.4, -0.2) is 38.1 Å². The smallest absolute Gasteiger partial charge is 0.353 e. The van der Waals surface area contributed by atoms with Crippen molar-refractivity contribution in [3.8, 4) is 0 Å². The number of benzene rings is 1. The molecule has 0 aliphatic carbocycles. The number of aromatic nitrogens is 1. The largest absolute Gasteiger partial charge is 0.481 e. The van der Waals surface area contributed by atoms with Gasteiger partial charge in [-0.05, 0) is 18.1 Å². The molecule has 0 saturated carbocycles. The van der Waals surface area contributed by atoms with E-state index in [1.54, 1.807) is 6.20 Å². The average molecular weight is 290 g/mol. The van der Waals surface area contributed by atoms with Crippen molar-refractivity contribution in [3.05, 3.63) is 36.0 Å². The van der Waals surface area contributed by atoms with Crippen molar-refractivity contribution in [1.29, 1.82) is 0 Å². The van der Waals surface area contributed by atoms with E-state index in [1.165, 1.54) is 0 Å². The second-order valence-corrected chi connectivity index (χ2v) is 4.65. The van der Waals surface area contributed by atoms with Crippen molar-refractivity contribution in [1.82, 2.24) is 4.98 Å². The van der Waals surface area contributed by atoms with Crippen molar-refractivity contribution < 1.29 is 25.0 Å². The van der Waals surface area contributed by atoms with Crippen molar-refractivity contribution in [2.75, 3.05) is 0 Å². The summed E-state index contributed by atoms with van der Waals surface area (Å²) in [6.07, 6.45) is 1.50. The van der Waals surface area contributed by atoms with Gasteiger partial charge in [0.1, 0.15) is 0 Å². The molecule has 1 atom stereocenters. The van der Waals surface area contributed by atoms with Gasteiger partial charge in [0.2, 0.25) is 0 Å². The van der Waals surface area contributed by atoms with Gasteiger partial charge in [0.05, 0.1) is 5.92 Å². The minimum absolute atomic E-state index is 0.144. The third-order valence-corrected chi connectivity index (χ3v) is 3.30. The van der Waals surface area contributed by atoms with Gasteiger partial charge >= 0.3 is 11.9 Å². The van der Waals surface area contributed by atoms with E-state index >= 15 is 0 Å². The lowest BCUT2D eigenvalue weighted by molar-refractivity contribution is -0.141. The fourth-order valence-corrected chi connectivity index (χ4v) is 2.22. The van der Waals surface area contributed by atoms with Gasteiger partial charge in [0.15, 0.2) is 5.71 Å². The Morgan fingerprint density at radius 2 is 1.95 bits per heavy atom. The Morgan fingerprint density at radius 3 is 2.57 bits per heavy atom. The van der Waals surface area contributed by atoms with Crippen LogP contribution >= 0.6 is 0 Å². The van der Waals surface area contributed by atoms with Crippen molar-refractivity contribution in [2.24, 2.45) is 11.1 Å². The van der Waals surface area contributed by atoms with Crippen LogP contribution in [0.5, 0.6) is 0 Å². The number of hydrogen-bond donors (Lipinski definition) is 4. The average Bonchev–Trinajstić information content (AvgIpc) is 2.86. The fraction of sp³-hybridized carbons (Fsp3) is 0.214. The summed E-state index contributed by atoms with van der Waals surface area (Å²) in [5, 5.41) is 30.2. The summed E-state index contributed by atoms with van der Waals surface area (Å²) in [6.45, 7) is 0. The van der Waals surface area contributed by atoms with E-state index in [9.17, 15) is 14.7 Å². The number of hydrogen-bond acceptors (Lipinski definition) is 4. The molecule has 21 heavy (non-hydrogen) atoms. The fourth-order valence-electron chi connectivity index (χ4n) is 2.22. The van der Waals surface area contributed by atoms with Crippen LogP contribution in [0.25, 0.3) is 10.9 Å². The predicted molar refractivity (Wildman–Crippen MR) is 74.6 cm³/mol. The topological polar surface area (TPSA) is 123 Å². The number of H-pyrrole nitrogens is 1. The Hall–Kier alpha value is -2.83. The summed E-state index contributed by atoms with van der Waals surface area (Å²) >= 11 is 0. The maximum Gasteiger partial charge on any atom is 0.353 e. The highest BCUT2D eigenvalue weighted by molar-refractivity contribution is 6.35. The van der Waals surface area contributed by atoms with Gasteiger partial charge < -0.3 is 20.4 Å². The number of carboxylic acids is 2. The van der Waals surface area contributed by atoms with Crippen LogP contribution in [0.1, 0.15) is 12.0 Å².